The molecule has 1 aliphatic carbocycles. The second kappa shape index (κ2) is 9.81. The van der Waals surface area contributed by atoms with Crippen LogP contribution in [0.4, 0.5) is 5.69 Å². The third-order valence-corrected chi connectivity index (χ3v) is 4.83. The monoisotopic (exact) mass is 348 g/mol. The largest absolute Gasteiger partial charge is 0.358 e. The smallest absolute Gasteiger partial charge is 0.239 e. The van der Waals surface area contributed by atoms with E-state index in [-0.39, 0.29) is 5.91 Å². The van der Waals surface area contributed by atoms with Crippen LogP contribution in [0.2, 0.25) is 0 Å². The fraction of sp³-hybridized carbons (Fsp3) is 0.348. The lowest BCUT2D eigenvalue weighted by Crippen LogP contribution is -2.37. The van der Waals surface area contributed by atoms with Crippen LogP contribution >= 0.6 is 0 Å². The maximum absolute atomic E-state index is 12.5. The molecule has 1 aliphatic rings. The topological polar surface area (TPSA) is 32.3 Å². The number of para-hydroxylation sites is 1. The normalized spacial score (nSPS) is 13.8. The van der Waals surface area contributed by atoms with Crippen LogP contribution in [-0.4, -0.2) is 19.0 Å². The SMILES string of the molecule is O=C(CN(Cc1ccccc1)c1ccccc1)NCCC1=CCCCC1. The van der Waals surface area contributed by atoms with Crippen LogP contribution in [0, 0.1) is 0 Å². The van der Waals surface area contributed by atoms with Crippen LogP contribution in [-0.2, 0) is 11.3 Å². The van der Waals surface area contributed by atoms with Crippen LogP contribution in [0.1, 0.15) is 37.7 Å². The fourth-order valence-corrected chi connectivity index (χ4v) is 3.40. The molecule has 1 N–H and O–H groups in total. The predicted molar refractivity (Wildman–Crippen MR) is 108 cm³/mol. The van der Waals surface area contributed by atoms with E-state index in [4.69, 9.17) is 0 Å². The highest BCUT2D eigenvalue weighted by Crippen LogP contribution is 2.19. The molecule has 3 nitrogen and oxygen atoms in total. The summed E-state index contributed by atoms with van der Waals surface area (Å²) in [6.07, 6.45) is 8.32. The van der Waals surface area contributed by atoms with E-state index in [1.807, 2.05) is 36.4 Å². The minimum absolute atomic E-state index is 0.0844. The van der Waals surface area contributed by atoms with Gasteiger partial charge in [-0.3, -0.25) is 4.79 Å². The van der Waals surface area contributed by atoms with Gasteiger partial charge < -0.3 is 10.2 Å². The number of carbonyl (C=O) groups excluding carboxylic acids is 1. The van der Waals surface area contributed by atoms with Crippen molar-refractivity contribution in [3.63, 3.8) is 0 Å². The van der Waals surface area contributed by atoms with Gasteiger partial charge in [-0.2, -0.15) is 0 Å². The van der Waals surface area contributed by atoms with E-state index in [0.29, 0.717) is 6.54 Å². The van der Waals surface area contributed by atoms with Gasteiger partial charge in [0, 0.05) is 18.8 Å². The number of rotatable bonds is 8. The quantitative estimate of drug-likeness (QED) is 0.701. The minimum atomic E-state index is 0.0844. The van der Waals surface area contributed by atoms with Gasteiger partial charge in [0.05, 0.1) is 6.54 Å². The van der Waals surface area contributed by atoms with Crippen molar-refractivity contribution in [2.45, 2.75) is 38.6 Å². The van der Waals surface area contributed by atoms with Gasteiger partial charge >= 0.3 is 0 Å². The van der Waals surface area contributed by atoms with Crippen molar-refractivity contribution in [1.82, 2.24) is 5.32 Å². The van der Waals surface area contributed by atoms with E-state index in [9.17, 15) is 4.79 Å². The Morgan fingerprint density at radius 1 is 0.962 bits per heavy atom. The molecule has 0 saturated heterocycles. The standard InChI is InChI=1S/C23H28N2O/c26-23(24-17-16-20-10-4-1-5-11-20)19-25(22-14-8-3-9-15-22)18-21-12-6-2-7-13-21/h2-3,6-10,12-15H,1,4-5,11,16-19H2,(H,24,26). The first-order chi connectivity index (χ1) is 12.8. The number of nitrogens with one attached hydrogen (secondary N) is 1. The van der Waals surface area contributed by atoms with Crippen LogP contribution < -0.4 is 10.2 Å². The summed E-state index contributed by atoms with van der Waals surface area (Å²) in [5.74, 6) is 0.0844. The molecule has 0 atom stereocenters. The Hall–Kier alpha value is -2.55. The Morgan fingerprint density at radius 2 is 1.69 bits per heavy atom. The first-order valence-corrected chi connectivity index (χ1v) is 9.60. The highest BCUT2D eigenvalue weighted by Gasteiger charge is 2.12. The summed E-state index contributed by atoms with van der Waals surface area (Å²) >= 11 is 0. The van der Waals surface area contributed by atoms with E-state index >= 15 is 0 Å². The summed E-state index contributed by atoms with van der Waals surface area (Å²) in [4.78, 5) is 14.6. The number of benzene rings is 2. The highest BCUT2D eigenvalue weighted by atomic mass is 16.2. The molecule has 26 heavy (non-hydrogen) atoms. The van der Waals surface area contributed by atoms with Gasteiger partial charge in [0.15, 0.2) is 0 Å². The Bertz CT molecular complexity index is 710. The number of allylic oxidation sites excluding steroid dienone is 1. The van der Waals surface area contributed by atoms with Crippen molar-refractivity contribution in [3.05, 3.63) is 77.9 Å². The maximum atomic E-state index is 12.5. The Morgan fingerprint density at radius 3 is 2.38 bits per heavy atom. The van der Waals surface area contributed by atoms with E-state index < -0.39 is 0 Å². The summed E-state index contributed by atoms with van der Waals surface area (Å²) in [5.41, 5.74) is 3.78. The summed E-state index contributed by atoms with van der Waals surface area (Å²) in [7, 11) is 0. The van der Waals surface area contributed by atoms with Gasteiger partial charge in [-0.15, -0.1) is 0 Å². The third-order valence-electron chi connectivity index (χ3n) is 4.83. The molecule has 0 heterocycles. The average molecular weight is 348 g/mol. The number of nitrogens with zero attached hydrogens (tertiary/aromatic N) is 1. The number of hydrogen-bond donors (Lipinski definition) is 1. The van der Waals surface area contributed by atoms with Crippen molar-refractivity contribution >= 4 is 11.6 Å². The lowest BCUT2D eigenvalue weighted by molar-refractivity contribution is -0.119. The van der Waals surface area contributed by atoms with Crippen LogP contribution in [0.5, 0.6) is 0 Å². The maximum Gasteiger partial charge on any atom is 0.239 e. The molecule has 0 fully saturated rings. The molecule has 0 radical (unpaired) electrons. The zero-order chi connectivity index (χ0) is 18.0. The van der Waals surface area contributed by atoms with Gasteiger partial charge in [-0.1, -0.05) is 60.2 Å². The predicted octanol–water partition coefficient (Wildman–Crippen LogP) is 4.70. The van der Waals surface area contributed by atoms with Crippen molar-refractivity contribution in [2.24, 2.45) is 0 Å². The van der Waals surface area contributed by atoms with Crippen molar-refractivity contribution < 1.29 is 4.79 Å². The number of hydrogen-bond acceptors (Lipinski definition) is 2. The van der Waals surface area contributed by atoms with Crippen LogP contribution in [0.3, 0.4) is 0 Å². The molecule has 136 valence electrons. The zero-order valence-corrected chi connectivity index (χ0v) is 15.4. The molecule has 0 aromatic heterocycles. The van der Waals surface area contributed by atoms with Crippen molar-refractivity contribution in [2.75, 3.05) is 18.0 Å². The molecular formula is C23H28N2O. The fourth-order valence-electron chi connectivity index (χ4n) is 3.40. The molecule has 2 aromatic carbocycles. The van der Waals surface area contributed by atoms with Crippen LogP contribution in [0.25, 0.3) is 0 Å². The molecule has 0 bridgehead atoms. The molecule has 0 spiro atoms. The molecule has 0 saturated carbocycles. The van der Waals surface area contributed by atoms with E-state index in [1.54, 1.807) is 0 Å². The number of amides is 1. The lowest BCUT2D eigenvalue weighted by atomic mass is 9.97. The molecule has 3 heteroatoms. The van der Waals surface area contributed by atoms with E-state index in [1.165, 1.54) is 36.8 Å². The summed E-state index contributed by atoms with van der Waals surface area (Å²) in [6.45, 7) is 1.83. The highest BCUT2D eigenvalue weighted by molar-refractivity contribution is 5.81. The first kappa shape index (κ1) is 18.2. The van der Waals surface area contributed by atoms with Gasteiger partial charge in [-0.25, -0.2) is 0 Å². The Balaban J connectivity index is 1.56. The summed E-state index contributed by atoms with van der Waals surface area (Å²) < 4.78 is 0. The van der Waals surface area contributed by atoms with Gasteiger partial charge in [0.25, 0.3) is 0 Å². The minimum Gasteiger partial charge on any atom is -0.358 e. The molecule has 1 amide bonds. The first-order valence-electron chi connectivity index (χ1n) is 9.60. The molecule has 0 unspecified atom stereocenters. The number of carbonyl (C=O) groups is 1. The molecule has 2 aromatic rings. The molecular weight excluding hydrogens is 320 g/mol. The van der Waals surface area contributed by atoms with Gasteiger partial charge in [0.2, 0.25) is 5.91 Å². The molecule has 0 aliphatic heterocycles. The summed E-state index contributed by atoms with van der Waals surface area (Å²) in [5, 5.41) is 3.09. The second-order valence-corrected chi connectivity index (χ2v) is 6.89. The van der Waals surface area contributed by atoms with Crippen LogP contribution in [0.15, 0.2) is 72.3 Å². The number of anilines is 1. The Kier molecular flexibility index (Phi) is 6.88. The van der Waals surface area contributed by atoms with E-state index in [0.717, 1.165) is 25.2 Å². The zero-order valence-electron chi connectivity index (χ0n) is 15.4. The van der Waals surface area contributed by atoms with Crippen molar-refractivity contribution in [1.29, 1.82) is 0 Å². The van der Waals surface area contributed by atoms with Crippen molar-refractivity contribution in [3.8, 4) is 0 Å². The summed E-state index contributed by atoms with van der Waals surface area (Å²) in [6, 6.07) is 20.4. The average Bonchev–Trinajstić information content (AvgIpc) is 2.70. The van der Waals surface area contributed by atoms with Gasteiger partial charge in [0.1, 0.15) is 0 Å². The van der Waals surface area contributed by atoms with Gasteiger partial charge in [-0.05, 0) is 49.8 Å². The Labute approximate surface area is 156 Å². The van der Waals surface area contributed by atoms with E-state index in [2.05, 4.69) is 40.6 Å². The molecule has 3 rings (SSSR count). The second-order valence-electron chi connectivity index (χ2n) is 6.89. The third kappa shape index (κ3) is 5.76. The lowest BCUT2D eigenvalue weighted by Gasteiger charge is -2.24.